The van der Waals surface area contributed by atoms with Crippen LogP contribution in [0.3, 0.4) is 0 Å². The lowest BCUT2D eigenvalue weighted by molar-refractivity contribution is 0.0346. The van der Waals surface area contributed by atoms with Crippen molar-refractivity contribution < 1.29 is 24.0 Å². The van der Waals surface area contributed by atoms with Crippen LogP contribution in [0.1, 0.15) is 48.5 Å². The molecule has 1 saturated carbocycles. The maximum atomic E-state index is 13.6. The Bertz CT molecular complexity index is 1080. The monoisotopic (exact) mass is 499 g/mol. The van der Waals surface area contributed by atoms with Crippen LogP contribution in [0.15, 0.2) is 22.7 Å². The number of carbonyl (C=O) groups excluding carboxylic acids is 2. The Balaban J connectivity index is 1.64. The first-order chi connectivity index (χ1) is 17.2. The largest absolute Gasteiger partial charge is 0.486 e. The number of carbonyl (C=O) groups is 2. The predicted molar refractivity (Wildman–Crippen MR) is 136 cm³/mol. The zero-order valence-electron chi connectivity index (χ0n) is 21.7. The number of nitrogens with one attached hydrogen (secondary N) is 2. The number of likely N-dealkylation sites (N-methyl/N-ethyl adjacent to an activating group) is 1. The van der Waals surface area contributed by atoms with Crippen LogP contribution in [0.5, 0.6) is 5.75 Å². The molecular formula is C26H37N5O5. The first-order valence-corrected chi connectivity index (χ1v) is 12.6. The van der Waals surface area contributed by atoms with E-state index in [1.807, 2.05) is 6.92 Å². The summed E-state index contributed by atoms with van der Waals surface area (Å²) in [5.41, 5.74) is 1.82. The average molecular weight is 500 g/mol. The number of rotatable bonds is 8. The van der Waals surface area contributed by atoms with Crippen LogP contribution in [0.4, 0.5) is 16.2 Å². The van der Waals surface area contributed by atoms with Crippen molar-refractivity contribution in [3.05, 3.63) is 35.2 Å². The summed E-state index contributed by atoms with van der Waals surface area (Å²) in [6.07, 6.45) is 2.31. The van der Waals surface area contributed by atoms with E-state index in [2.05, 4.69) is 34.7 Å². The first-order valence-electron chi connectivity index (χ1n) is 12.6. The van der Waals surface area contributed by atoms with Crippen molar-refractivity contribution in [1.29, 1.82) is 0 Å². The molecule has 0 spiro atoms. The van der Waals surface area contributed by atoms with Crippen LogP contribution in [0.2, 0.25) is 0 Å². The molecule has 1 aromatic carbocycles. The molecule has 1 aliphatic heterocycles. The standard InChI is InChI=1S/C26H37N5O5/c1-15-11-31(16(2)14-32)25(33)20-7-6-8-21(27-26(34)28-23-17(3)29-36-18(23)4)24(20)35-22(15)13-30(5)12-19-9-10-19/h6-8,15-16,19,22,32H,9-14H2,1-5H3,(H2,27,28,34)/t15-,16-,22+/m1/s1. The number of fused-ring (bicyclic) bond motifs is 1. The molecule has 2 aromatic rings. The third kappa shape index (κ3) is 5.82. The summed E-state index contributed by atoms with van der Waals surface area (Å²) >= 11 is 0. The van der Waals surface area contributed by atoms with Gasteiger partial charge >= 0.3 is 6.03 Å². The number of benzene rings is 1. The third-order valence-corrected chi connectivity index (χ3v) is 6.97. The van der Waals surface area contributed by atoms with Gasteiger partial charge in [0.15, 0.2) is 11.5 Å². The van der Waals surface area contributed by atoms with Crippen LogP contribution in [0, 0.1) is 25.7 Å². The van der Waals surface area contributed by atoms with E-state index in [4.69, 9.17) is 9.26 Å². The Labute approximate surface area is 211 Å². The van der Waals surface area contributed by atoms with Gasteiger partial charge in [0.25, 0.3) is 5.91 Å². The molecule has 1 aromatic heterocycles. The highest BCUT2D eigenvalue weighted by molar-refractivity contribution is 6.04. The summed E-state index contributed by atoms with van der Waals surface area (Å²) in [6, 6.07) is 4.29. The van der Waals surface area contributed by atoms with Crippen LogP contribution in [-0.2, 0) is 0 Å². The summed E-state index contributed by atoms with van der Waals surface area (Å²) in [7, 11) is 2.09. The number of aliphatic hydroxyl groups is 1. The van der Waals surface area contributed by atoms with Gasteiger partial charge < -0.3 is 34.8 Å². The number of aliphatic hydroxyl groups excluding tert-OH is 1. The van der Waals surface area contributed by atoms with Gasteiger partial charge in [0.05, 0.1) is 23.9 Å². The minimum atomic E-state index is -0.494. The van der Waals surface area contributed by atoms with Gasteiger partial charge in [0.1, 0.15) is 17.5 Å². The van der Waals surface area contributed by atoms with E-state index in [1.54, 1.807) is 36.9 Å². The van der Waals surface area contributed by atoms with Gasteiger partial charge in [-0.05, 0) is 58.7 Å². The molecule has 10 heteroatoms. The highest BCUT2D eigenvalue weighted by atomic mass is 16.5. The molecule has 3 amide bonds. The van der Waals surface area contributed by atoms with Crippen molar-refractivity contribution in [3.63, 3.8) is 0 Å². The number of ether oxygens (including phenoxy) is 1. The molecule has 3 atom stereocenters. The van der Waals surface area contributed by atoms with Crippen LogP contribution in [-0.4, -0.2) is 77.4 Å². The van der Waals surface area contributed by atoms with Crippen molar-refractivity contribution in [3.8, 4) is 5.75 Å². The van der Waals surface area contributed by atoms with Gasteiger partial charge in [0, 0.05) is 25.6 Å². The number of anilines is 2. The number of aromatic nitrogens is 1. The lowest BCUT2D eigenvalue weighted by Gasteiger charge is -2.38. The molecule has 10 nitrogen and oxygen atoms in total. The van der Waals surface area contributed by atoms with Gasteiger partial charge in [0.2, 0.25) is 0 Å². The molecule has 0 saturated heterocycles. The van der Waals surface area contributed by atoms with E-state index in [0.717, 1.165) is 12.5 Å². The summed E-state index contributed by atoms with van der Waals surface area (Å²) in [4.78, 5) is 30.5. The number of hydrogen-bond acceptors (Lipinski definition) is 7. The van der Waals surface area contributed by atoms with Crippen LogP contribution >= 0.6 is 0 Å². The SMILES string of the molecule is Cc1noc(C)c1NC(=O)Nc1cccc2c1O[C@@H](CN(C)CC1CC1)[C@H](C)CN([C@H](C)CO)C2=O. The fraction of sp³-hybridized carbons (Fsp3) is 0.577. The quantitative estimate of drug-likeness (QED) is 0.508. The molecule has 4 rings (SSSR count). The van der Waals surface area contributed by atoms with Crippen molar-refractivity contribution in [1.82, 2.24) is 15.0 Å². The fourth-order valence-electron chi connectivity index (χ4n) is 4.61. The Morgan fingerprint density at radius 1 is 1.28 bits per heavy atom. The maximum absolute atomic E-state index is 13.6. The summed E-state index contributed by atoms with van der Waals surface area (Å²) in [5, 5.41) is 19.3. The second-order valence-corrected chi connectivity index (χ2v) is 10.2. The highest BCUT2D eigenvalue weighted by Crippen LogP contribution is 2.36. The number of aryl methyl sites for hydroxylation is 2. The number of hydrogen-bond donors (Lipinski definition) is 3. The average Bonchev–Trinajstić information content (AvgIpc) is 3.60. The van der Waals surface area contributed by atoms with E-state index >= 15 is 0 Å². The highest BCUT2D eigenvalue weighted by Gasteiger charge is 2.35. The second-order valence-electron chi connectivity index (χ2n) is 10.2. The number of nitrogens with zero attached hydrogens (tertiary/aromatic N) is 3. The third-order valence-electron chi connectivity index (χ3n) is 6.97. The van der Waals surface area contributed by atoms with Crippen molar-refractivity contribution in [2.45, 2.75) is 52.7 Å². The second kappa shape index (κ2) is 10.9. The van der Waals surface area contributed by atoms with Crippen molar-refractivity contribution in [2.75, 3.05) is 43.9 Å². The minimum absolute atomic E-state index is 0.00180. The fourth-order valence-corrected chi connectivity index (χ4v) is 4.61. The topological polar surface area (TPSA) is 120 Å². The van der Waals surface area contributed by atoms with E-state index in [-0.39, 0.29) is 30.6 Å². The van der Waals surface area contributed by atoms with E-state index in [1.165, 1.54) is 12.8 Å². The molecule has 0 bridgehead atoms. The van der Waals surface area contributed by atoms with Gasteiger partial charge in [-0.2, -0.15) is 0 Å². The molecular weight excluding hydrogens is 462 g/mol. The predicted octanol–water partition coefficient (Wildman–Crippen LogP) is 3.50. The van der Waals surface area contributed by atoms with Crippen molar-refractivity contribution in [2.24, 2.45) is 11.8 Å². The van der Waals surface area contributed by atoms with Gasteiger partial charge in [-0.1, -0.05) is 18.1 Å². The smallest absolute Gasteiger partial charge is 0.323 e. The Hall–Kier alpha value is -3.11. The van der Waals surface area contributed by atoms with Gasteiger partial charge in [-0.15, -0.1) is 0 Å². The molecule has 196 valence electrons. The molecule has 2 heterocycles. The lowest BCUT2D eigenvalue weighted by atomic mass is 9.99. The van der Waals surface area contributed by atoms with Crippen LogP contribution in [0.25, 0.3) is 0 Å². The normalized spacial score (nSPS) is 20.9. The minimum Gasteiger partial charge on any atom is -0.486 e. The zero-order valence-corrected chi connectivity index (χ0v) is 21.7. The number of amides is 3. The van der Waals surface area contributed by atoms with Gasteiger partial charge in [-0.25, -0.2) is 4.79 Å². The zero-order chi connectivity index (χ0) is 26.0. The molecule has 36 heavy (non-hydrogen) atoms. The molecule has 0 radical (unpaired) electrons. The van der Waals surface area contributed by atoms with E-state index in [0.29, 0.717) is 47.2 Å². The summed E-state index contributed by atoms with van der Waals surface area (Å²) < 4.78 is 11.7. The summed E-state index contributed by atoms with van der Waals surface area (Å²) in [6.45, 7) is 9.38. The first kappa shape index (κ1) is 26.0. The van der Waals surface area contributed by atoms with Gasteiger partial charge in [-0.3, -0.25) is 4.79 Å². The Morgan fingerprint density at radius 3 is 2.67 bits per heavy atom. The summed E-state index contributed by atoms with van der Waals surface area (Å²) in [5.74, 6) is 1.34. The maximum Gasteiger partial charge on any atom is 0.323 e. The molecule has 1 aliphatic carbocycles. The molecule has 1 fully saturated rings. The number of urea groups is 1. The molecule has 2 aliphatic rings. The van der Waals surface area contributed by atoms with Crippen LogP contribution < -0.4 is 15.4 Å². The Kier molecular flexibility index (Phi) is 7.85. The number of para-hydroxylation sites is 1. The van der Waals surface area contributed by atoms with Crippen molar-refractivity contribution >= 4 is 23.3 Å². The lowest BCUT2D eigenvalue weighted by Crippen LogP contribution is -2.50. The van der Waals surface area contributed by atoms with E-state index < -0.39 is 6.03 Å². The molecule has 0 unspecified atom stereocenters. The Morgan fingerprint density at radius 2 is 2.03 bits per heavy atom. The molecule has 3 N–H and O–H groups in total. The van der Waals surface area contributed by atoms with E-state index in [9.17, 15) is 14.7 Å².